The number of amides is 2. The number of aromatic nitrogens is 1. The smallest absolute Gasteiger partial charge is 0.274 e. The summed E-state index contributed by atoms with van der Waals surface area (Å²) in [4.78, 5) is 50.6. The van der Waals surface area contributed by atoms with Crippen LogP contribution in [-0.4, -0.2) is 63.5 Å². The Morgan fingerprint density at radius 1 is 1.31 bits per heavy atom. The van der Waals surface area contributed by atoms with Gasteiger partial charge >= 0.3 is 0 Å². The second kappa shape index (κ2) is 9.45. The average molecular weight is 489 g/mol. The quantitative estimate of drug-likeness (QED) is 0.679. The fourth-order valence-electron chi connectivity index (χ4n) is 4.04. The molecule has 10 nitrogen and oxygen atoms in total. The lowest BCUT2D eigenvalue weighted by Gasteiger charge is -2.39. The topological polar surface area (TPSA) is 116 Å². The van der Waals surface area contributed by atoms with Crippen molar-refractivity contribution in [3.63, 3.8) is 0 Å². The number of pyridine rings is 1. The van der Waals surface area contributed by atoms with E-state index in [1.54, 1.807) is 14.0 Å². The van der Waals surface area contributed by atoms with Crippen LogP contribution in [0, 0.1) is 11.6 Å². The molecule has 0 fully saturated rings. The van der Waals surface area contributed by atoms with Crippen LogP contribution in [0.15, 0.2) is 34.2 Å². The van der Waals surface area contributed by atoms with Crippen molar-refractivity contribution >= 4 is 17.6 Å². The minimum Gasteiger partial charge on any atom is -0.503 e. The molecular formula is C23H25F2N5O5. The summed E-state index contributed by atoms with van der Waals surface area (Å²) in [5.41, 5.74) is -1.74. The van der Waals surface area contributed by atoms with Gasteiger partial charge in [-0.1, -0.05) is 6.07 Å². The summed E-state index contributed by atoms with van der Waals surface area (Å²) in [6.45, 7) is 3.71. The van der Waals surface area contributed by atoms with Crippen LogP contribution in [0.25, 0.3) is 0 Å². The molecule has 2 bridgehead atoms. The lowest BCUT2D eigenvalue weighted by molar-refractivity contribution is -0.0875. The Balaban J connectivity index is 1.74. The first-order valence-electron chi connectivity index (χ1n) is 11.0. The first-order valence-corrected chi connectivity index (χ1v) is 11.0. The van der Waals surface area contributed by atoms with Crippen LogP contribution in [-0.2, 0) is 11.4 Å². The zero-order valence-corrected chi connectivity index (χ0v) is 19.4. The van der Waals surface area contributed by atoms with Gasteiger partial charge in [-0.25, -0.2) is 18.8 Å². The highest BCUT2D eigenvalue weighted by molar-refractivity contribution is 5.99. The van der Waals surface area contributed by atoms with Crippen LogP contribution < -0.4 is 10.7 Å². The van der Waals surface area contributed by atoms with Crippen molar-refractivity contribution < 1.29 is 28.3 Å². The predicted molar refractivity (Wildman–Crippen MR) is 121 cm³/mol. The minimum absolute atomic E-state index is 0.0115. The summed E-state index contributed by atoms with van der Waals surface area (Å²) < 4.78 is 28.4. The van der Waals surface area contributed by atoms with E-state index in [1.165, 1.54) is 26.8 Å². The van der Waals surface area contributed by atoms with Gasteiger partial charge in [-0.15, -0.1) is 0 Å². The molecule has 2 aliphatic heterocycles. The van der Waals surface area contributed by atoms with E-state index in [1.807, 2.05) is 6.92 Å². The van der Waals surface area contributed by atoms with Gasteiger partial charge in [0.15, 0.2) is 11.4 Å². The molecule has 0 radical (unpaired) electrons. The molecule has 2 atom stereocenters. The van der Waals surface area contributed by atoms with Crippen LogP contribution in [0.5, 0.6) is 5.75 Å². The Morgan fingerprint density at radius 3 is 2.77 bits per heavy atom. The average Bonchev–Trinajstić information content (AvgIpc) is 2.81. The van der Waals surface area contributed by atoms with Gasteiger partial charge in [-0.05, 0) is 26.3 Å². The largest absolute Gasteiger partial charge is 0.503 e. The third-order valence-corrected chi connectivity index (χ3v) is 6.20. The maximum absolute atomic E-state index is 13.9. The van der Waals surface area contributed by atoms with Crippen LogP contribution >= 0.6 is 0 Å². The van der Waals surface area contributed by atoms with E-state index in [-0.39, 0.29) is 30.4 Å². The highest BCUT2D eigenvalue weighted by Crippen LogP contribution is 2.30. The lowest BCUT2D eigenvalue weighted by Crippen LogP contribution is -2.49. The Morgan fingerprint density at radius 2 is 2.06 bits per heavy atom. The monoisotopic (exact) mass is 489 g/mol. The number of rotatable bonds is 3. The van der Waals surface area contributed by atoms with Crippen LogP contribution in [0.4, 0.5) is 8.78 Å². The molecule has 2 amide bonds. The Kier molecular flexibility index (Phi) is 6.57. The van der Waals surface area contributed by atoms with Gasteiger partial charge in [0.2, 0.25) is 5.43 Å². The van der Waals surface area contributed by atoms with Crippen molar-refractivity contribution in [2.24, 2.45) is 4.99 Å². The number of aromatic hydroxyl groups is 1. The van der Waals surface area contributed by atoms with Gasteiger partial charge in [0.25, 0.3) is 11.8 Å². The van der Waals surface area contributed by atoms with E-state index in [9.17, 15) is 28.3 Å². The molecule has 0 saturated carbocycles. The van der Waals surface area contributed by atoms with Crippen LogP contribution in [0.1, 0.15) is 52.8 Å². The third kappa shape index (κ3) is 4.61. The zero-order chi connectivity index (χ0) is 25.4. The van der Waals surface area contributed by atoms with Crippen molar-refractivity contribution in [3.8, 4) is 5.75 Å². The van der Waals surface area contributed by atoms with E-state index in [2.05, 4.69) is 10.3 Å². The molecule has 2 aliphatic rings. The first-order chi connectivity index (χ1) is 16.6. The van der Waals surface area contributed by atoms with Crippen molar-refractivity contribution in [2.75, 3.05) is 20.2 Å². The summed E-state index contributed by atoms with van der Waals surface area (Å²) in [7, 11) is 1.69. The van der Waals surface area contributed by atoms with Gasteiger partial charge in [-0.2, -0.15) is 0 Å². The number of hydrogen-bond donors (Lipinski definition) is 2. The number of fused-ring (bicyclic) bond motifs is 4. The summed E-state index contributed by atoms with van der Waals surface area (Å²) in [5, 5.41) is 14.6. The molecule has 0 spiro atoms. The van der Waals surface area contributed by atoms with Crippen molar-refractivity contribution in [2.45, 2.75) is 39.0 Å². The summed E-state index contributed by atoms with van der Waals surface area (Å²) in [5.74, 6) is -3.46. The number of carbonyl (C=O) groups excluding carboxylic acids is 2. The zero-order valence-electron chi connectivity index (χ0n) is 19.4. The number of hydroxylamine groups is 2. The number of benzene rings is 1. The van der Waals surface area contributed by atoms with Crippen molar-refractivity contribution in [1.82, 2.24) is 19.8 Å². The van der Waals surface area contributed by atoms with Gasteiger partial charge in [-0.3, -0.25) is 19.2 Å². The molecule has 4 rings (SSSR count). The van der Waals surface area contributed by atoms with E-state index in [0.29, 0.717) is 24.9 Å². The van der Waals surface area contributed by atoms with E-state index >= 15 is 0 Å². The van der Waals surface area contributed by atoms with E-state index < -0.39 is 46.4 Å². The van der Waals surface area contributed by atoms with Gasteiger partial charge in [0, 0.05) is 37.5 Å². The molecule has 2 unspecified atom stereocenters. The first kappa shape index (κ1) is 24.3. The number of nitrogens with one attached hydrogen (secondary N) is 1. The number of carbonyl (C=O) groups is 2. The van der Waals surface area contributed by atoms with Crippen LogP contribution in [0.3, 0.4) is 0 Å². The molecule has 12 heteroatoms. The number of aliphatic imine (C=N–C) groups is 1. The molecule has 35 heavy (non-hydrogen) atoms. The number of hydrogen-bond acceptors (Lipinski definition) is 7. The highest BCUT2D eigenvalue weighted by atomic mass is 19.1. The lowest BCUT2D eigenvalue weighted by atomic mass is 10.1. The van der Waals surface area contributed by atoms with E-state index in [4.69, 9.17) is 4.84 Å². The number of nitrogens with zero attached hydrogens (tertiary/aromatic N) is 4. The van der Waals surface area contributed by atoms with Crippen molar-refractivity contribution in [3.05, 3.63) is 63.1 Å². The van der Waals surface area contributed by atoms with Gasteiger partial charge < -0.3 is 19.9 Å². The van der Waals surface area contributed by atoms with Gasteiger partial charge in [0.1, 0.15) is 29.2 Å². The summed E-state index contributed by atoms with van der Waals surface area (Å²) in [6, 6.07) is 2.64. The highest BCUT2D eigenvalue weighted by Gasteiger charge is 2.38. The molecule has 0 aliphatic carbocycles. The predicted octanol–water partition coefficient (Wildman–Crippen LogP) is 1.79. The molecule has 2 aromatic rings. The molecule has 1 aromatic heterocycles. The Labute approximate surface area is 199 Å². The molecular weight excluding hydrogens is 464 g/mol. The standard InChI is InChI=1S/C23H25F2N5O5/c1-12-6-7-35-28(3)13(2)27-18-11-29(12)23(34)19-21(32)20(31)16(10-30(18)19)22(33)26-9-14-4-5-15(24)8-17(14)25/h4-5,8,10,12,18,32H,6-7,9,11H2,1-3H3,(H,26,33). The van der Waals surface area contributed by atoms with Crippen LogP contribution in [0.2, 0.25) is 0 Å². The molecule has 2 N–H and O–H groups in total. The fourth-order valence-corrected chi connectivity index (χ4v) is 4.04. The molecule has 186 valence electrons. The second-order valence-corrected chi connectivity index (χ2v) is 8.48. The number of halogens is 2. The van der Waals surface area contributed by atoms with E-state index in [0.717, 1.165) is 6.07 Å². The number of amidine groups is 1. The maximum Gasteiger partial charge on any atom is 0.274 e. The Bertz CT molecular complexity index is 1280. The minimum atomic E-state index is -1.04. The van der Waals surface area contributed by atoms with Gasteiger partial charge in [0.05, 0.1) is 13.2 Å². The Hall–Kier alpha value is -3.80. The molecule has 0 saturated heterocycles. The summed E-state index contributed by atoms with van der Waals surface area (Å²) >= 11 is 0. The maximum atomic E-state index is 13.9. The summed E-state index contributed by atoms with van der Waals surface area (Å²) in [6.07, 6.45) is 0.936. The molecule has 3 heterocycles. The fraction of sp³-hybridized carbons (Fsp3) is 0.391. The molecule has 1 aromatic carbocycles. The van der Waals surface area contributed by atoms with Crippen molar-refractivity contribution in [1.29, 1.82) is 0 Å². The second-order valence-electron chi connectivity index (χ2n) is 8.48. The third-order valence-electron chi connectivity index (χ3n) is 6.20. The SMILES string of the molecule is CC1=NC2CN(C(=O)c3c(O)c(=O)c(C(=O)NCc4ccc(F)cc4F)cn32)C(C)CCON1C. The normalized spacial score (nSPS) is 20.3.